The van der Waals surface area contributed by atoms with E-state index in [0.717, 1.165) is 24.0 Å². The maximum Gasteiger partial charge on any atom is 0.244 e. The quantitative estimate of drug-likeness (QED) is 0.706. The highest BCUT2D eigenvalue weighted by Crippen LogP contribution is 2.47. The van der Waals surface area contributed by atoms with Crippen LogP contribution in [0.1, 0.15) is 41.1 Å². The fourth-order valence-electron chi connectivity index (χ4n) is 4.94. The summed E-state index contributed by atoms with van der Waals surface area (Å²) in [5.74, 6) is 0.441. The Labute approximate surface area is 165 Å². The normalized spacial score (nSPS) is 20.4. The Morgan fingerprint density at radius 3 is 2.04 bits per heavy atom. The van der Waals surface area contributed by atoms with Crippen LogP contribution >= 0.6 is 0 Å². The number of hydrogen-bond donors (Lipinski definition) is 1. The highest BCUT2D eigenvalue weighted by molar-refractivity contribution is 6.12. The lowest BCUT2D eigenvalue weighted by Crippen LogP contribution is -2.40. The van der Waals surface area contributed by atoms with Gasteiger partial charge in [0.1, 0.15) is 11.3 Å². The molecule has 0 aromatic heterocycles. The second-order valence-electron chi connectivity index (χ2n) is 7.69. The molecule has 1 amide bonds. The van der Waals surface area contributed by atoms with E-state index in [1.54, 1.807) is 4.90 Å². The molecule has 3 nitrogen and oxygen atoms in total. The molecule has 0 radical (unpaired) electrons. The Balaban J connectivity index is 1.65. The lowest BCUT2D eigenvalue weighted by Gasteiger charge is -2.31. The van der Waals surface area contributed by atoms with Crippen LogP contribution in [-0.4, -0.2) is 16.6 Å². The molecule has 0 bridgehead atoms. The van der Waals surface area contributed by atoms with Gasteiger partial charge >= 0.3 is 0 Å². The van der Waals surface area contributed by atoms with Crippen molar-refractivity contribution in [1.82, 2.24) is 4.90 Å². The van der Waals surface area contributed by atoms with E-state index >= 15 is 0 Å². The van der Waals surface area contributed by atoms with E-state index in [2.05, 4.69) is 18.2 Å². The molecule has 1 atom stereocenters. The third-order valence-electron chi connectivity index (χ3n) is 6.25. The highest BCUT2D eigenvalue weighted by atomic mass is 16.2. The number of nitrogens with one attached hydrogen (secondary N) is 1. The summed E-state index contributed by atoms with van der Waals surface area (Å²) in [6, 6.07) is 28.2. The van der Waals surface area contributed by atoms with Crippen LogP contribution in [-0.2, 0) is 16.6 Å². The number of nitrogens with zero attached hydrogens (tertiary/aromatic N) is 1. The Hall–Kier alpha value is -3.20. The summed E-state index contributed by atoms with van der Waals surface area (Å²) in [7, 11) is 0. The number of amides is 1. The number of amidine groups is 1. The van der Waals surface area contributed by atoms with Gasteiger partial charge in [-0.15, -0.1) is 0 Å². The molecule has 0 saturated carbocycles. The summed E-state index contributed by atoms with van der Waals surface area (Å²) in [4.78, 5) is 15.8. The maximum absolute atomic E-state index is 14.0. The zero-order valence-corrected chi connectivity index (χ0v) is 15.6. The van der Waals surface area contributed by atoms with Crippen LogP contribution in [0.15, 0.2) is 84.9 Å². The lowest BCUT2D eigenvalue weighted by molar-refractivity contribution is -0.131. The second kappa shape index (κ2) is 6.45. The Bertz CT molecular complexity index is 1000. The first-order chi connectivity index (χ1) is 13.7. The molecular formula is C25H22N2O. The van der Waals surface area contributed by atoms with Gasteiger partial charge in [0, 0.05) is 6.42 Å². The Morgan fingerprint density at radius 2 is 1.39 bits per heavy atom. The van der Waals surface area contributed by atoms with E-state index in [-0.39, 0.29) is 11.9 Å². The van der Waals surface area contributed by atoms with Crippen molar-refractivity contribution in [1.29, 1.82) is 5.41 Å². The Morgan fingerprint density at radius 1 is 0.821 bits per heavy atom. The van der Waals surface area contributed by atoms with Gasteiger partial charge in [-0.1, -0.05) is 84.9 Å². The first-order valence-corrected chi connectivity index (χ1v) is 9.82. The number of carbonyl (C=O) groups excluding carboxylic acids is 1. The van der Waals surface area contributed by atoms with Gasteiger partial charge in [-0.05, 0) is 35.1 Å². The molecule has 3 aromatic carbocycles. The van der Waals surface area contributed by atoms with Gasteiger partial charge in [-0.3, -0.25) is 15.1 Å². The maximum atomic E-state index is 14.0. The molecule has 3 heteroatoms. The van der Waals surface area contributed by atoms with Crippen molar-refractivity contribution in [3.8, 4) is 0 Å². The molecule has 1 fully saturated rings. The molecule has 1 unspecified atom stereocenters. The molecule has 2 aliphatic rings. The molecule has 28 heavy (non-hydrogen) atoms. The van der Waals surface area contributed by atoms with Crippen LogP contribution in [0, 0.1) is 5.41 Å². The topological polar surface area (TPSA) is 44.2 Å². The lowest BCUT2D eigenvalue weighted by atomic mass is 9.73. The SMILES string of the molecule is N=C1CC(c2ccccc2)(c2ccccc2)C(=O)N1C1CCc2ccccc21. The van der Waals surface area contributed by atoms with Gasteiger partial charge < -0.3 is 0 Å². The van der Waals surface area contributed by atoms with E-state index in [1.807, 2.05) is 66.7 Å². The van der Waals surface area contributed by atoms with Crippen LogP contribution in [0.3, 0.4) is 0 Å². The van der Waals surface area contributed by atoms with Gasteiger partial charge in [-0.25, -0.2) is 0 Å². The average Bonchev–Trinajstić information content (AvgIpc) is 3.28. The molecular weight excluding hydrogens is 344 g/mol. The molecule has 1 heterocycles. The standard InChI is InChI=1S/C25H22N2O/c26-23-17-25(19-10-3-1-4-11-19,20-12-5-2-6-13-20)24(28)27(23)22-16-15-18-9-7-8-14-21(18)22/h1-14,22,26H,15-17H2. The molecule has 1 saturated heterocycles. The number of carbonyl (C=O) groups is 1. The zero-order chi connectivity index (χ0) is 19.1. The summed E-state index contributed by atoms with van der Waals surface area (Å²) >= 11 is 0. The minimum Gasteiger partial charge on any atom is -0.292 e. The number of fused-ring (bicyclic) bond motifs is 1. The molecule has 1 aliphatic carbocycles. The Kier molecular flexibility index (Phi) is 3.90. The minimum absolute atomic E-state index is 0.0246. The summed E-state index contributed by atoms with van der Waals surface area (Å²) in [5.41, 5.74) is 3.59. The summed E-state index contributed by atoms with van der Waals surface area (Å²) in [6.45, 7) is 0. The molecule has 5 rings (SSSR count). The summed E-state index contributed by atoms with van der Waals surface area (Å²) < 4.78 is 0. The minimum atomic E-state index is -0.822. The van der Waals surface area contributed by atoms with E-state index in [9.17, 15) is 4.79 Å². The van der Waals surface area contributed by atoms with E-state index in [4.69, 9.17) is 5.41 Å². The van der Waals surface area contributed by atoms with Gasteiger partial charge in [0.2, 0.25) is 5.91 Å². The van der Waals surface area contributed by atoms with Crippen molar-refractivity contribution in [3.63, 3.8) is 0 Å². The smallest absolute Gasteiger partial charge is 0.244 e. The van der Waals surface area contributed by atoms with Crippen LogP contribution in [0.5, 0.6) is 0 Å². The van der Waals surface area contributed by atoms with Crippen molar-refractivity contribution < 1.29 is 4.79 Å². The highest BCUT2D eigenvalue weighted by Gasteiger charge is 2.54. The number of hydrogen-bond acceptors (Lipinski definition) is 2. The predicted octanol–water partition coefficient (Wildman–Crippen LogP) is 4.87. The van der Waals surface area contributed by atoms with Crippen molar-refractivity contribution in [2.45, 2.75) is 30.7 Å². The number of rotatable bonds is 3. The molecule has 138 valence electrons. The fourth-order valence-corrected chi connectivity index (χ4v) is 4.94. The molecule has 1 N–H and O–H groups in total. The summed E-state index contributed by atoms with van der Waals surface area (Å²) in [5, 5.41) is 8.80. The van der Waals surface area contributed by atoms with Crippen LogP contribution in [0.4, 0.5) is 0 Å². The molecule has 0 spiro atoms. The van der Waals surface area contributed by atoms with Crippen molar-refractivity contribution in [2.24, 2.45) is 0 Å². The third-order valence-corrected chi connectivity index (χ3v) is 6.25. The van der Waals surface area contributed by atoms with Gasteiger partial charge in [-0.2, -0.15) is 0 Å². The van der Waals surface area contributed by atoms with E-state index in [0.29, 0.717) is 12.3 Å². The van der Waals surface area contributed by atoms with Crippen LogP contribution < -0.4 is 0 Å². The van der Waals surface area contributed by atoms with Crippen LogP contribution in [0.25, 0.3) is 0 Å². The number of likely N-dealkylation sites (tertiary alicyclic amines) is 1. The average molecular weight is 366 g/mol. The zero-order valence-electron chi connectivity index (χ0n) is 15.6. The van der Waals surface area contributed by atoms with Crippen molar-refractivity contribution in [2.75, 3.05) is 0 Å². The van der Waals surface area contributed by atoms with Crippen molar-refractivity contribution >= 4 is 11.7 Å². The van der Waals surface area contributed by atoms with E-state index in [1.165, 1.54) is 11.1 Å². The largest absolute Gasteiger partial charge is 0.292 e. The van der Waals surface area contributed by atoms with E-state index < -0.39 is 5.41 Å². The second-order valence-corrected chi connectivity index (χ2v) is 7.69. The first-order valence-electron chi connectivity index (χ1n) is 9.82. The summed E-state index contributed by atoms with van der Waals surface area (Å²) in [6.07, 6.45) is 2.24. The van der Waals surface area contributed by atoms with Gasteiger partial charge in [0.25, 0.3) is 0 Å². The van der Waals surface area contributed by atoms with Crippen molar-refractivity contribution in [3.05, 3.63) is 107 Å². The fraction of sp³-hybridized carbons (Fsp3) is 0.200. The molecule has 1 aliphatic heterocycles. The monoisotopic (exact) mass is 366 g/mol. The molecule has 3 aromatic rings. The number of benzene rings is 3. The first kappa shape index (κ1) is 16.9. The van der Waals surface area contributed by atoms with Gasteiger partial charge in [0.15, 0.2) is 0 Å². The predicted molar refractivity (Wildman–Crippen MR) is 110 cm³/mol. The third kappa shape index (κ3) is 2.36. The van der Waals surface area contributed by atoms with Crippen LogP contribution in [0.2, 0.25) is 0 Å². The number of aryl methyl sites for hydroxylation is 1. The van der Waals surface area contributed by atoms with Gasteiger partial charge in [0.05, 0.1) is 6.04 Å².